The normalized spacial score (nSPS) is 11.8. The first-order valence-electron chi connectivity index (χ1n) is 5.27. The molecule has 2 N–H and O–H groups in total. The fraction of sp³-hybridized carbons (Fsp3) is 0.273. The third-order valence-electron chi connectivity index (χ3n) is 2.68. The average Bonchev–Trinajstić information content (AvgIpc) is 2.38. The van der Waals surface area contributed by atoms with Gasteiger partial charge in [-0.1, -0.05) is 5.46 Å². The minimum atomic E-state index is 0.155. The molecular formula is C11H10B4FNS. The number of halogens is 1. The number of benzene rings is 1. The van der Waals surface area contributed by atoms with Gasteiger partial charge in [0.15, 0.2) is 0 Å². The summed E-state index contributed by atoms with van der Waals surface area (Å²) in [7, 11) is 23.2. The predicted molar refractivity (Wildman–Crippen MR) is 81.7 cm³/mol. The summed E-state index contributed by atoms with van der Waals surface area (Å²) in [5.74, 6) is 0.390. The van der Waals surface area contributed by atoms with Gasteiger partial charge in [0.1, 0.15) is 31.4 Å². The van der Waals surface area contributed by atoms with Crippen LogP contribution in [0.5, 0.6) is 0 Å². The van der Waals surface area contributed by atoms with Gasteiger partial charge < -0.3 is 5.73 Å². The Morgan fingerprint density at radius 1 is 1.17 bits per heavy atom. The fourth-order valence-corrected chi connectivity index (χ4v) is 2.53. The highest BCUT2D eigenvalue weighted by atomic mass is 32.2. The summed E-state index contributed by atoms with van der Waals surface area (Å²) in [5.41, 5.74) is 7.94. The van der Waals surface area contributed by atoms with E-state index < -0.39 is 0 Å². The third-order valence-corrected chi connectivity index (χ3v) is 4.01. The van der Waals surface area contributed by atoms with E-state index in [-0.39, 0.29) is 17.5 Å². The maximum Gasteiger partial charge on any atom is 0.114 e. The average molecular weight is 251 g/mol. The van der Waals surface area contributed by atoms with E-state index in [1.807, 2.05) is 0 Å². The summed E-state index contributed by atoms with van der Waals surface area (Å²) in [4.78, 5) is 0.715. The molecule has 0 fully saturated rings. The van der Waals surface area contributed by atoms with Crippen molar-refractivity contribution in [2.45, 2.75) is 11.8 Å². The van der Waals surface area contributed by atoms with E-state index in [0.29, 0.717) is 33.5 Å². The first kappa shape index (κ1) is 15.5. The number of rotatable bonds is 4. The van der Waals surface area contributed by atoms with Gasteiger partial charge >= 0.3 is 0 Å². The highest BCUT2D eigenvalue weighted by molar-refractivity contribution is 7.99. The van der Waals surface area contributed by atoms with Gasteiger partial charge in [-0.25, -0.2) is 4.39 Å². The van der Waals surface area contributed by atoms with Crippen LogP contribution in [0.2, 0.25) is 0 Å². The topological polar surface area (TPSA) is 26.0 Å². The Morgan fingerprint density at radius 2 is 1.72 bits per heavy atom. The van der Waals surface area contributed by atoms with Crippen molar-refractivity contribution < 1.29 is 4.39 Å². The zero-order valence-corrected chi connectivity index (χ0v) is 11.0. The first-order valence-corrected chi connectivity index (χ1v) is 6.26. The maximum atomic E-state index is 12.4. The van der Waals surface area contributed by atoms with Crippen LogP contribution in [0.15, 0.2) is 16.8 Å². The van der Waals surface area contributed by atoms with Crippen molar-refractivity contribution in [2.75, 3.05) is 12.3 Å². The molecule has 0 atom stereocenters. The van der Waals surface area contributed by atoms with Gasteiger partial charge in [0, 0.05) is 17.2 Å². The van der Waals surface area contributed by atoms with Crippen LogP contribution in [0.3, 0.4) is 0 Å². The van der Waals surface area contributed by atoms with Crippen molar-refractivity contribution in [1.82, 2.24) is 0 Å². The second kappa shape index (κ2) is 6.58. The van der Waals surface area contributed by atoms with E-state index >= 15 is 0 Å². The lowest BCUT2D eigenvalue weighted by Gasteiger charge is -2.20. The van der Waals surface area contributed by atoms with Crippen LogP contribution in [-0.4, -0.2) is 43.7 Å². The van der Waals surface area contributed by atoms with Crippen LogP contribution in [0.1, 0.15) is 5.56 Å². The quantitative estimate of drug-likeness (QED) is 0.498. The van der Waals surface area contributed by atoms with Crippen molar-refractivity contribution in [3.8, 4) is 0 Å². The monoisotopic (exact) mass is 251 g/mol. The highest BCUT2D eigenvalue weighted by Gasteiger charge is 2.11. The van der Waals surface area contributed by atoms with Crippen LogP contribution in [-0.2, 0) is 0 Å². The Hall–Kier alpha value is -0.540. The molecular weight excluding hydrogens is 240 g/mol. The number of hydrogen-bond acceptors (Lipinski definition) is 2. The van der Waals surface area contributed by atoms with Gasteiger partial charge in [0.2, 0.25) is 0 Å². The van der Waals surface area contributed by atoms with Crippen molar-refractivity contribution in [3.63, 3.8) is 0 Å². The van der Waals surface area contributed by atoms with Crippen molar-refractivity contribution in [2.24, 2.45) is 5.73 Å². The summed E-state index contributed by atoms with van der Waals surface area (Å²) in [6.45, 7) is 1.95. The number of thioether (sulfide) groups is 1. The molecule has 1 aromatic rings. The number of nitrogens with two attached hydrogens (primary N) is 1. The maximum absolute atomic E-state index is 12.4. The lowest BCUT2D eigenvalue weighted by molar-refractivity contribution is 0.706. The molecule has 0 unspecified atom stereocenters. The third kappa shape index (κ3) is 3.07. The lowest BCUT2D eigenvalue weighted by Crippen LogP contribution is -2.49. The Bertz CT molecular complexity index is 461. The largest absolute Gasteiger partial charge is 0.327 e. The smallest absolute Gasteiger partial charge is 0.114 e. The lowest BCUT2D eigenvalue weighted by atomic mass is 9.65. The fourth-order valence-electron chi connectivity index (χ4n) is 1.42. The molecule has 0 aliphatic rings. The second-order valence-electron chi connectivity index (χ2n) is 3.87. The SMILES string of the molecule is [B]c1c([B])c([B])c(SC/C(=C/F)CN)c(C)c1[B]. The van der Waals surface area contributed by atoms with Crippen molar-refractivity contribution in [3.05, 3.63) is 17.5 Å². The summed E-state index contributed by atoms with van der Waals surface area (Å²) < 4.78 is 12.4. The molecule has 1 aromatic carbocycles. The molecule has 0 aromatic heterocycles. The van der Waals surface area contributed by atoms with Crippen LogP contribution in [0, 0.1) is 6.92 Å². The molecule has 0 bridgehead atoms. The molecule has 0 amide bonds. The zero-order valence-electron chi connectivity index (χ0n) is 10.2. The number of hydrogen-bond donors (Lipinski definition) is 1. The predicted octanol–water partition coefficient (Wildman–Crippen LogP) is -1.93. The van der Waals surface area contributed by atoms with Crippen LogP contribution >= 0.6 is 11.8 Å². The summed E-state index contributed by atoms with van der Waals surface area (Å²) in [6.07, 6.45) is 0.503. The molecule has 0 saturated heterocycles. The van der Waals surface area contributed by atoms with E-state index in [1.165, 1.54) is 11.8 Å². The van der Waals surface area contributed by atoms with Gasteiger partial charge in [0.05, 0.1) is 6.33 Å². The second-order valence-corrected chi connectivity index (χ2v) is 4.85. The molecule has 18 heavy (non-hydrogen) atoms. The standard InChI is InChI=1S/C11H10B4FNS/c1-5-7(12)8(13)9(14)10(15)11(5)18-4-6(2-16)3-17/h2H,3-4,17H2,1H3/b6-2+. The summed E-state index contributed by atoms with van der Waals surface area (Å²) in [5, 5.41) is 0. The van der Waals surface area contributed by atoms with Crippen molar-refractivity contribution >= 4 is 65.0 Å². The molecule has 1 rings (SSSR count). The summed E-state index contributed by atoms with van der Waals surface area (Å²) in [6, 6.07) is 0. The van der Waals surface area contributed by atoms with E-state index in [4.69, 9.17) is 37.1 Å². The molecule has 0 aliphatic heterocycles. The van der Waals surface area contributed by atoms with E-state index in [2.05, 4.69) is 0 Å². The zero-order chi connectivity index (χ0) is 13.9. The molecule has 7 heteroatoms. The Kier molecular flexibility index (Phi) is 5.67. The highest BCUT2D eigenvalue weighted by Crippen LogP contribution is 2.20. The molecule has 0 aliphatic carbocycles. The van der Waals surface area contributed by atoms with E-state index in [9.17, 15) is 4.39 Å². The minimum Gasteiger partial charge on any atom is -0.327 e. The molecule has 84 valence electrons. The Morgan fingerprint density at radius 3 is 2.22 bits per heavy atom. The molecule has 8 radical (unpaired) electrons. The van der Waals surface area contributed by atoms with Crippen LogP contribution in [0.4, 0.5) is 4.39 Å². The van der Waals surface area contributed by atoms with E-state index in [0.717, 1.165) is 5.56 Å². The Labute approximate surface area is 117 Å². The molecule has 0 heterocycles. The van der Waals surface area contributed by atoms with Gasteiger partial charge in [-0.2, -0.15) is 0 Å². The van der Waals surface area contributed by atoms with E-state index in [1.54, 1.807) is 6.92 Å². The Balaban J connectivity index is 3.10. The molecule has 0 spiro atoms. The minimum absolute atomic E-state index is 0.155. The van der Waals surface area contributed by atoms with Gasteiger partial charge in [-0.15, -0.1) is 28.2 Å². The van der Waals surface area contributed by atoms with Crippen LogP contribution < -0.4 is 27.6 Å². The summed E-state index contributed by atoms with van der Waals surface area (Å²) >= 11 is 1.34. The van der Waals surface area contributed by atoms with Gasteiger partial charge in [-0.3, -0.25) is 0 Å². The molecule has 1 nitrogen and oxygen atoms in total. The van der Waals surface area contributed by atoms with Crippen LogP contribution in [0.25, 0.3) is 0 Å². The first-order chi connectivity index (χ1) is 8.43. The van der Waals surface area contributed by atoms with Crippen molar-refractivity contribution in [1.29, 1.82) is 0 Å². The van der Waals surface area contributed by atoms with Gasteiger partial charge in [0.25, 0.3) is 0 Å². The van der Waals surface area contributed by atoms with Gasteiger partial charge in [-0.05, 0) is 18.1 Å². The molecule has 0 saturated carbocycles.